The van der Waals surface area contributed by atoms with E-state index in [1.165, 1.54) is 0 Å². The van der Waals surface area contributed by atoms with Crippen LogP contribution < -0.4 is 16.4 Å². The van der Waals surface area contributed by atoms with Crippen molar-refractivity contribution >= 4 is 28.8 Å². The molecule has 0 atom stereocenters. The lowest BCUT2D eigenvalue weighted by Gasteiger charge is -2.14. The molecule has 5 nitrogen and oxygen atoms in total. The fourth-order valence-electron chi connectivity index (χ4n) is 1.79. The molecule has 0 spiro atoms. The number of carbonyl (C=O) groups excluding carboxylic acids is 1. The van der Waals surface area contributed by atoms with Crippen molar-refractivity contribution in [3.8, 4) is 0 Å². The highest BCUT2D eigenvalue weighted by Gasteiger charge is 2.08. The molecule has 0 heterocycles. The molecule has 0 bridgehead atoms. The van der Waals surface area contributed by atoms with Crippen LogP contribution in [0.4, 0.5) is 5.69 Å². The van der Waals surface area contributed by atoms with Gasteiger partial charge in [0.05, 0.1) is 6.61 Å². The van der Waals surface area contributed by atoms with Crippen molar-refractivity contribution in [2.45, 2.75) is 13.3 Å². The molecule has 1 aromatic rings. The van der Waals surface area contributed by atoms with E-state index in [1.54, 1.807) is 7.11 Å². The number of methoxy groups -OCH3 is 1. The van der Waals surface area contributed by atoms with Crippen LogP contribution in [0.15, 0.2) is 18.2 Å². The number of anilines is 1. The van der Waals surface area contributed by atoms with Gasteiger partial charge in [0.15, 0.2) is 0 Å². The van der Waals surface area contributed by atoms with Crippen LogP contribution in [0.3, 0.4) is 0 Å². The van der Waals surface area contributed by atoms with E-state index in [0.29, 0.717) is 31.1 Å². The van der Waals surface area contributed by atoms with Crippen molar-refractivity contribution in [3.05, 3.63) is 29.3 Å². The van der Waals surface area contributed by atoms with Crippen molar-refractivity contribution < 1.29 is 9.53 Å². The Morgan fingerprint density at radius 3 is 2.80 bits per heavy atom. The minimum Gasteiger partial charge on any atom is -0.389 e. The van der Waals surface area contributed by atoms with Gasteiger partial charge in [-0.2, -0.15) is 0 Å². The molecule has 20 heavy (non-hydrogen) atoms. The predicted octanol–water partition coefficient (Wildman–Crippen LogP) is 1.19. The molecule has 0 fully saturated rings. The molecule has 110 valence electrons. The first-order valence-electron chi connectivity index (χ1n) is 6.45. The first kappa shape index (κ1) is 16.4. The maximum atomic E-state index is 11.6. The van der Waals surface area contributed by atoms with Crippen LogP contribution in [0.5, 0.6) is 0 Å². The van der Waals surface area contributed by atoms with Crippen LogP contribution in [-0.2, 0) is 9.53 Å². The van der Waals surface area contributed by atoms with Crippen LogP contribution in [-0.4, -0.2) is 37.7 Å². The number of nitrogens with two attached hydrogens (primary N) is 1. The molecule has 0 aliphatic carbocycles. The number of hydrogen-bond donors (Lipinski definition) is 3. The second-order valence-corrected chi connectivity index (χ2v) is 4.82. The lowest BCUT2D eigenvalue weighted by atomic mass is 10.1. The van der Waals surface area contributed by atoms with Crippen molar-refractivity contribution in [2.24, 2.45) is 5.73 Å². The highest BCUT2D eigenvalue weighted by Crippen LogP contribution is 2.20. The van der Waals surface area contributed by atoms with Gasteiger partial charge in [-0.1, -0.05) is 24.4 Å². The molecule has 1 rings (SSSR count). The van der Waals surface area contributed by atoms with Gasteiger partial charge in [0, 0.05) is 37.9 Å². The SMILES string of the molecule is COCCNC(=O)CCNc1c(C)cccc1C(N)=S. The Morgan fingerprint density at radius 1 is 1.40 bits per heavy atom. The summed E-state index contributed by atoms with van der Waals surface area (Å²) in [6.07, 6.45) is 0.384. The summed E-state index contributed by atoms with van der Waals surface area (Å²) in [4.78, 5) is 11.9. The molecular formula is C14H21N3O2S. The summed E-state index contributed by atoms with van der Waals surface area (Å²) in [5.41, 5.74) is 8.44. The van der Waals surface area contributed by atoms with Crippen LogP contribution >= 0.6 is 12.2 Å². The fourth-order valence-corrected chi connectivity index (χ4v) is 1.96. The molecule has 6 heteroatoms. The van der Waals surface area contributed by atoms with Gasteiger partial charge in [0.25, 0.3) is 0 Å². The summed E-state index contributed by atoms with van der Waals surface area (Å²) < 4.78 is 4.87. The van der Waals surface area contributed by atoms with Crippen molar-refractivity contribution in [1.29, 1.82) is 0 Å². The van der Waals surface area contributed by atoms with E-state index in [1.807, 2.05) is 25.1 Å². The van der Waals surface area contributed by atoms with Gasteiger partial charge in [-0.25, -0.2) is 0 Å². The van der Waals surface area contributed by atoms with Gasteiger partial charge in [-0.3, -0.25) is 4.79 Å². The normalized spacial score (nSPS) is 10.1. The van der Waals surface area contributed by atoms with Gasteiger partial charge in [-0.15, -0.1) is 0 Å². The third kappa shape index (κ3) is 5.14. The molecule has 0 aliphatic heterocycles. The van der Waals surface area contributed by atoms with Crippen LogP contribution in [0.25, 0.3) is 0 Å². The Labute approximate surface area is 124 Å². The quantitative estimate of drug-likeness (QED) is 0.496. The number of aryl methyl sites for hydroxylation is 1. The molecule has 0 radical (unpaired) electrons. The summed E-state index contributed by atoms with van der Waals surface area (Å²) in [7, 11) is 1.60. The standard InChI is InChI=1S/C14H21N3O2S/c1-10-4-3-5-11(14(15)20)13(10)17-7-6-12(18)16-8-9-19-2/h3-5,17H,6-9H2,1-2H3,(H2,15,20)(H,16,18). The van der Waals surface area contributed by atoms with Gasteiger partial charge in [0.2, 0.25) is 5.91 Å². The number of nitrogens with one attached hydrogen (secondary N) is 2. The number of carbonyl (C=O) groups is 1. The molecular weight excluding hydrogens is 274 g/mol. The number of amides is 1. The van der Waals surface area contributed by atoms with Crippen molar-refractivity contribution in [3.63, 3.8) is 0 Å². The van der Waals surface area contributed by atoms with E-state index in [2.05, 4.69) is 10.6 Å². The minimum absolute atomic E-state index is 0.0139. The van der Waals surface area contributed by atoms with Crippen LogP contribution in [0, 0.1) is 6.92 Å². The van der Waals surface area contributed by atoms with E-state index in [9.17, 15) is 4.79 Å². The topological polar surface area (TPSA) is 76.4 Å². The molecule has 0 aliphatic rings. The first-order valence-corrected chi connectivity index (χ1v) is 6.86. The van der Waals surface area contributed by atoms with Crippen LogP contribution in [0.1, 0.15) is 17.5 Å². The van der Waals surface area contributed by atoms with Gasteiger partial charge < -0.3 is 21.1 Å². The number of hydrogen-bond acceptors (Lipinski definition) is 4. The summed E-state index contributed by atoms with van der Waals surface area (Å²) in [6.45, 7) is 3.54. The number of benzene rings is 1. The first-order chi connectivity index (χ1) is 9.56. The summed E-state index contributed by atoms with van der Waals surface area (Å²) >= 11 is 5.03. The second kappa shape index (κ2) is 8.50. The number of ether oxygens (including phenoxy) is 1. The van der Waals surface area contributed by atoms with Gasteiger partial charge in [-0.05, 0) is 18.6 Å². The Bertz CT molecular complexity index is 477. The number of para-hydroxylation sites is 1. The second-order valence-electron chi connectivity index (χ2n) is 4.38. The summed E-state index contributed by atoms with van der Waals surface area (Å²) in [6, 6.07) is 5.76. The zero-order valence-electron chi connectivity index (χ0n) is 11.9. The average Bonchev–Trinajstić information content (AvgIpc) is 2.40. The largest absolute Gasteiger partial charge is 0.389 e. The molecule has 0 saturated carbocycles. The third-order valence-electron chi connectivity index (χ3n) is 2.82. The Kier molecular flexibility index (Phi) is 6.97. The molecule has 1 aromatic carbocycles. The van der Waals surface area contributed by atoms with Crippen molar-refractivity contribution in [1.82, 2.24) is 5.32 Å². The number of thiocarbonyl (C=S) groups is 1. The molecule has 0 unspecified atom stereocenters. The van der Waals surface area contributed by atoms with E-state index < -0.39 is 0 Å². The molecule has 0 saturated heterocycles. The van der Waals surface area contributed by atoms with E-state index >= 15 is 0 Å². The van der Waals surface area contributed by atoms with E-state index in [4.69, 9.17) is 22.7 Å². The Balaban J connectivity index is 2.50. The van der Waals surface area contributed by atoms with Crippen LogP contribution in [0.2, 0.25) is 0 Å². The lowest BCUT2D eigenvalue weighted by Crippen LogP contribution is -2.28. The lowest BCUT2D eigenvalue weighted by molar-refractivity contribution is -0.121. The van der Waals surface area contributed by atoms with Gasteiger partial charge >= 0.3 is 0 Å². The average molecular weight is 295 g/mol. The highest BCUT2D eigenvalue weighted by molar-refractivity contribution is 7.80. The Hall–Kier alpha value is -1.66. The maximum absolute atomic E-state index is 11.6. The highest BCUT2D eigenvalue weighted by atomic mass is 32.1. The zero-order valence-corrected chi connectivity index (χ0v) is 12.7. The van der Waals surface area contributed by atoms with E-state index in [0.717, 1.165) is 16.8 Å². The van der Waals surface area contributed by atoms with Gasteiger partial charge in [0.1, 0.15) is 4.99 Å². The monoisotopic (exact) mass is 295 g/mol. The maximum Gasteiger partial charge on any atom is 0.221 e. The third-order valence-corrected chi connectivity index (χ3v) is 3.04. The minimum atomic E-state index is -0.0139. The number of rotatable bonds is 8. The molecule has 1 amide bonds. The summed E-state index contributed by atoms with van der Waals surface area (Å²) in [5.74, 6) is -0.0139. The summed E-state index contributed by atoms with van der Waals surface area (Å²) in [5, 5.41) is 5.99. The Morgan fingerprint density at radius 2 is 2.15 bits per heavy atom. The molecule has 0 aromatic heterocycles. The van der Waals surface area contributed by atoms with Crippen molar-refractivity contribution in [2.75, 3.05) is 32.1 Å². The van der Waals surface area contributed by atoms with E-state index in [-0.39, 0.29) is 5.91 Å². The molecule has 4 N–H and O–H groups in total. The predicted molar refractivity (Wildman–Crippen MR) is 85.1 cm³/mol. The zero-order chi connectivity index (χ0) is 15.0. The fraction of sp³-hybridized carbons (Fsp3) is 0.429. The smallest absolute Gasteiger partial charge is 0.221 e.